The van der Waals surface area contributed by atoms with Gasteiger partial charge in [-0.15, -0.1) is 5.10 Å². The number of nitro benzene ring substituents is 1. The molecule has 1 heterocycles. The van der Waals surface area contributed by atoms with Crippen molar-refractivity contribution in [3.05, 3.63) is 28.3 Å². The number of nitrogens with zero attached hydrogens (tertiary/aromatic N) is 4. The SMILES string of the molecule is CC1CCCCC1n1nnc2c([N+](=O)[O-])cccc21. The zero-order chi connectivity index (χ0) is 13.4. The van der Waals surface area contributed by atoms with E-state index in [4.69, 9.17) is 0 Å². The summed E-state index contributed by atoms with van der Waals surface area (Å²) in [6, 6.07) is 5.35. The van der Waals surface area contributed by atoms with Crippen molar-refractivity contribution in [2.24, 2.45) is 5.92 Å². The molecule has 2 aromatic rings. The summed E-state index contributed by atoms with van der Waals surface area (Å²) in [6.07, 6.45) is 4.69. The first-order chi connectivity index (χ1) is 9.18. The third kappa shape index (κ3) is 1.97. The number of hydrogen-bond donors (Lipinski definition) is 0. The smallest absolute Gasteiger partial charge is 0.258 e. The molecular weight excluding hydrogens is 244 g/mol. The van der Waals surface area contributed by atoms with E-state index in [1.54, 1.807) is 6.07 Å². The molecule has 0 aliphatic heterocycles. The highest BCUT2D eigenvalue weighted by Gasteiger charge is 2.27. The van der Waals surface area contributed by atoms with E-state index < -0.39 is 4.92 Å². The van der Waals surface area contributed by atoms with Crippen molar-refractivity contribution >= 4 is 16.7 Å². The van der Waals surface area contributed by atoms with Crippen LogP contribution in [0.1, 0.15) is 38.6 Å². The Labute approximate surface area is 110 Å². The van der Waals surface area contributed by atoms with Crippen molar-refractivity contribution in [2.75, 3.05) is 0 Å². The first-order valence-corrected chi connectivity index (χ1v) is 6.67. The predicted octanol–water partition coefficient (Wildman–Crippen LogP) is 3.09. The Morgan fingerprint density at radius 2 is 2.16 bits per heavy atom. The number of nitro groups is 1. The van der Waals surface area contributed by atoms with Crippen LogP contribution in [-0.4, -0.2) is 19.9 Å². The van der Waals surface area contributed by atoms with Gasteiger partial charge in [-0.2, -0.15) is 0 Å². The minimum absolute atomic E-state index is 0.0345. The average molecular weight is 260 g/mol. The predicted molar refractivity (Wildman–Crippen MR) is 70.9 cm³/mol. The van der Waals surface area contributed by atoms with Gasteiger partial charge in [-0.05, 0) is 24.8 Å². The van der Waals surface area contributed by atoms with Crippen molar-refractivity contribution < 1.29 is 4.92 Å². The van der Waals surface area contributed by atoms with Crippen molar-refractivity contribution in [3.8, 4) is 0 Å². The van der Waals surface area contributed by atoms with Crippen LogP contribution in [-0.2, 0) is 0 Å². The van der Waals surface area contributed by atoms with E-state index in [1.807, 2.05) is 10.7 Å². The van der Waals surface area contributed by atoms with Gasteiger partial charge in [0.05, 0.1) is 16.5 Å². The number of fused-ring (bicyclic) bond motifs is 1. The quantitative estimate of drug-likeness (QED) is 0.614. The minimum Gasteiger partial charge on any atom is -0.258 e. The number of hydrogen-bond acceptors (Lipinski definition) is 4. The molecule has 0 spiro atoms. The number of aromatic nitrogens is 3. The Balaban J connectivity index is 2.10. The van der Waals surface area contributed by atoms with Crippen molar-refractivity contribution in [2.45, 2.75) is 38.6 Å². The highest BCUT2D eigenvalue weighted by atomic mass is 16.6. The zero-order valence-corrected chi connectivity index (χ0v) is 10.8. The zero-order valence-electron chi connectivity index (χ0n) is 10.8. The second kappa shape index (κ2) is 4.60. The normalized spacial score (nSPS) is 23.6. The van der Waals surface area contributed by atoms with Gasteiger partial charge in [-0.3, -0.25) is 10.1 Å². The van der Waals surface area contributed by atoms with E-state index in [0.29, 0.717) is 17.5 Å². The van der Waals surface area contributed by atoms with Gasteiger partial charge in [0, 0.05) is 6.07 Å². The fourth-order valence-corrected chi connectivity index (χ4v) is 3.00. The standard InChI is InChI=1S/C13H16N4O2/c1-9-5-2-3-6-10(9)16-11-7-4-8-12(17(18)19)13(11)14-15-16/h4,7-10H,2-3,5-6H2,1H3. The summed E-state index contributed by atoms with van der Waals surface area (Å²) in [6.45, 7) is 2.22. The molecule has 2 unspecified atom stereocenters. The molecule has 0 saturated heterocycles. The van der Waals surface area contributed by atoms with E-state index in [2.05, 4.69) is 17.2 Å². The number of benzene rings is 1. The topological polar surface area (TPSA) is 73.8 Å². The molecule has 100 valence electrons. The molecule has 1 aliphatic carbocycles. The summed E-state index contributed by atoms with van der Waals surface area (Å²) < 4.78 is 1.88. The average Bonchev–Trinajstić information content (AvgIpc) is 2.82. The van der Waals surface area contributed by atoms with Gasteiger partial charge in [0.15, 0.2) is 5.52 Å². The monoisotopic (exact) mass is 260 g/mol. The molecule has 0 N–H and O–H groups in total. The van der Waals surface area contributed by atoms with Crippen LogP contribution in [0.25, 0.3) is 11.0 Å². The van der Waals surface area contributed by atoms with Crippen LogP contribution in [0.15, 0.2) is 18.2 Å². The van der Waals surface area contributed by atoms with E-state index in [0.717, 1.165) is 11.9 Å². The molecule has 19 heavy (non-hydrogen) atoms. The first-order valence-electron chi connectivity index (χ1n) is 6.67. The molecule has 3 rings (SSSR count). The molecule has 1 aromatic carbocycles. The van der Waals surface area contributed by atoms with Crippen LogP contribution < -0.4 is 0 Å². The summed E-state index contributed by atoms with van der Waals surface area (Å²) >= 11 is 0. The summed E-state index contributed by atoms with van der Waals surface area (Å²) in [4.78, 5) is 10.6. The molecule has 1 fully saturated rings. The maximum atomic E-state index is 11.0. The highest BCUT2D eigenvalue weighted by molar-refractivity contribution is 5.83. The fourth-order valence-electron chi connectivity index (χ4n) is 3.00. The lowest BCUT2D eigenvalue weighted by Crippen LogP contribution is -2.22. The maximum absolute atomic E-state index is 11.0. The van der Waals surface area contributed by atoms with Crippen LogP contribution in [0.4, 0.5) is 5.69 Å². The maximum Gasteiger partial charge on any atom is 0.299 e. The van der Waals surface area contributed by atoms with E-state index in [-0.39, 0.29) is 5.69 Å². The molecule has 1 aliphatic rings. The van der Waals surface area contributed by atoms with Gasteiger partial charge in [0.1, 0.15) is 0 Å². The van der Waals surface area contributed by atoms with E-state index in [9.17, 15) is 10.1 Å². The molecule has 1 aromatic heterocycles. The minimum atomic E-state index is -0.397. The van der Waals surface area contributed by atoms with E-state index >= 15 is 0 Å². The Bertz CT molecular complexity index is 622. The molecule has 1 saturated carbocycles. The van der Waals surface area contributed by atoms with Gasteiger partial charge in [0.2, 0.25) is 0 Å². The van der Waals surface area contributed by atoms with Crippen LogP contribution in [0.3, 0.4) is 0 Å². The molecule has 6 nitrogen and oxygen atoms in total. The fraction of sp³-hybridized carbons (Fsp3) is 0.538. The third-order valence-corrected chi connectivity index (χ3v) is 4.06. The lowest BCUT2D eigenvalue weighted by atomic mass is 9.86. The van der Waals surface area contributed by atoms with Gasteiger partial charge in [-0.1, -0.05) is 31.0 Å². The van der Waals surface area contributed by atoms with Gasteiger partial charge in [0.25, 0.3) is 5.69 Å². The van der Waals surface area contributed by atoms with Crippen molar-refractivity contribution in [3.63, 3.8) is 0 Å². The summed E-state index contributed by atoms with van der Waals surface area (Å²) in [5.41, 5.74) is 1.20. The largest absolute Gasteiger partial charge is 0.299 e. The Kier molecular flexibility index (Phi) is 2.93. The lowest BCUT2D eigenvalue weighted by Gasteiger charge is -2.28. The van der Waals surface area contributed by atoms with Crippen LogP contribution in [0.5, 0.6) is 0 Å². The molecule has 0 amide bonds. The molecule has 2 atom stereocenters. The van der Waals surface area contributed by atoms with Gasteiger partial charge >= 0.3 is 0 Å². The summed E-state index contributed by atoms with van der Waals surface area (Å²) in [7, 11) is 0. The Morgan fingerprint density at radius 3 is 2.89 bits per heavy atom. The molecule has 0 radical (unpaired) electrons. The van der Waals surface area contributed by atoms with E-state index in [1.165, 1.54) is 25.3 Å². The lowest BCUT2D eigenvalue weighted by molar-refractivity contribution is -0.383. The highest BCUT2D eigenvalue weighted by Crippen LogP contribution is 2.35. The van der Waals surface area contributed by atoms with Crippen molar-refractivity contribution in [1.82, 2.24) is 15.0 Å². The van der Waals surface area contributed by atoms with Crippen LogP contribution in [0, 0.1) is 16.0 Å². The van der Waals surface area contributed by atoms with Gasteiger partial charge < -0.3 is 0 Å². The Morgan fingerprint density at radius 1 is 1.37 bits per heavy atom. The second-order valence-corrected chi connectivity index (χ2v) is 5.27. The molecule has 6 heteroatoms. The summed E-state index contributed by atoms with van der Waals surface area (Å²) in [5.74, 6) is 0.540. The van der Waals surface area contributed by atoms with Gasteiger partial charge in [-0.25, -0.2) is 4.68 Å². The summed E-state index contributed by atoms with van der Waals surface area (Å²) in [5, 5.41) is 19.2. The number of non-ortho nitro benzene ring substituents is 1. The molecular formula is C13H16N4O2. The number of rotatable bonds is 2. The van der Waals surface area contributed by atoms with Crippen LogP contribution in [0.2, 0.25) is 0 Å². The molecule has 0 bridgehead atoms. The van der Waals surface area contributed by atoms with Crippen molar-refractivity contribution in [1.29, 1.82) is 0 Å². The third-order valence-electron chi connectivity index (χ3n) is 4.06. The Hall–Kier alpha value is -1.98. The van der Waals surface area contributed by atoms with Crippen LogP contribution >= 0.6 is 0 Å². The second-order valence-electron chi connectivity index (χ2n) is 5.27. The first kappa shape index (κ1) is 12.1.